The minimum atomic E-state index is -2.77. The van der Waals surface area contributed by atoms with E-state index in [2.05, 4.69) is 21.4 Å². The number of β-amino-alcohol motifs (C(OH)–C–C–N with tert-alkyl or cyclic N) is 1. The summed E-state index contributed by atoms with van der Waals surface area (Å²) in [6, 6.07) is 11.6. The smallest absolute Gasteiger partial charge is 0.280 e. The summed E-state index contributed by atoms with van der Waals surface area (Å²) in [4.78, 5) is 22.4. The Morgan fingerprint density at radius 2 is 2.00 bits per heavy atom. The van der Waals surface area contributed by atoms with Crippen LogP contribution >= 0.6 is 0 Å². The largest absolute Gasteiger partial charge is 0.386 e. The number of benzene rings is 1. The average Bonchev–Trinajstić information content (AvgIpc) is 2.78. The molecular formula is C24H21F2N5O2. The molecule has 9 heteroatoms. The molecule has 0 saturated carbocycles. The number of nitrogens with zero attached hydrogens (tertiary/aromatic N) is 4. The maximum absolute atomic E-state index is 12.9. The monoisotopic (exact) mass is 449 g/mol. The second-order valence-corrected chi connectivity index (χ2v) is 8.31. The van der Waals surface area contributed by atoms with Gasteiger partial charge in [0.15, 0.2) is 0 Å². The van der Waals surface area contributed by atoms with E-state index in [-0.39, 0.29) is 5.56 Å². The molecule has 3 heterocycles. The number of halogens is 2. The third kappa shape index (κ3) is 4.66. The van der Waals surface area contributed by atoms with E-state index in [1.54, 1.807) is 31.3 Å². The number of hydrogen-bond donors (Lipinski definition) is 2. The zero-order valence-corrected chi connectivity index (χ0v) is 18.0. The second-order valence-electron chi connectivity index (χ2n) is 8.31. The van der Waals surface area contributed by atoms with E-state index in [0.717, 1.165) is 17.2 Å². The normalized spacial score (nSPS) is 14.5. The number of nitriles is 1. The molecule has 2 N–H and O–H groups in total. The number of amides is 1. The molecule has 4 rings (SSSR count). The summed E-state index contributed by atoms with van der Waals surface area (Å²) >= 11 is 0. The summed E-state index contributed by atoms with van der Waals surface area (Å²) in [5, 5.41) is 22.3. The van der Waals surface area contributed by atoms with Crippen LogP contribution in [0.15, 0.2) is 48.8 Å². The first-order valence-electron chi connectivity index (χ1n) is 10.2. The van der Waals surface area contributed by atoms with Crippen LogP contribution < -0.4 is 10.2 Å². The zero-order valence-electron chi connectivity index (χ0n) is 18.0. The molecule has 0 spiro atoms. The van der Waals surface area contributed by atoms with Gasteiger partial charge in [0.25, 0.3) is 12.3 Å². The Bertz CT molecular complexity index is 1260. The van der Waals surface area contributed by atoms with Crippen LogP contribution in [-0.2, 0) is 0 Å². The summed E-state index contributed by atoms with van der Waals surface area (Å²) in [5.41, 5.74) is 2.03. The lowest BCUT2D eigenvalue weighted by Gasteiger charge is -2.45. The number of nitrogens with one attached hydrogen (secondary N) is 1. The summed E-state index contributed by atoms with van der Waals surface area (Å²) in [5.74, 6) is -0.0208. The van der Waals surface area contributed by atoms with E-state index in [0.29, 0.717) is 35.7 Å². The van der Waals surface area contributed by atoms with Gasteiger partial charge in [-0.1, -0.05) is 6.07 Å². The van der Waals surface area contributed by atoms with Gasteiger partial charge in [-0.2, -0.15) is 5.26 Å². The van der Waals surface area contributed by atoms with Gasteiger partial charge in [-0.25, -0.2) is 13.8 Å². The van der Waals surface area contributed by atoms with E-state index in [9.17, 15) is 23.9 Å². The fraction of sp³-hybridized carbons (Fsp3) is 0.250. The van der Waals surface area contributed by atoms with Gasteiger partial charge >= 0.3 is 0 Å². The van der Waals surface area contributed by atoms with Gasteiger partial charge in [-0.3, -0.25) is 9.78 Å². The number of aromatic nitrogens is 2. The number of alkyl halides is 2. The van der Waals surface area contributed by atoms with E-state index < -0.39 is 23.6 Å². The highest BCUT2D eigenvalue weighted by atomic mass is 19.3. The van der Waals surface area contributed by atoms with Gasteiger partial charge < -0.3 is 15.3 Å². The van der Waals surface area contributed by atoms with Crippen molar-refractivity contribution < 1.29 is 18.7 Å². The Kier molecular flexibility index (Phi) is 5.78. The summed E-state index contributed by atoms with van der Waals surface area (Å²) < 4.78 is 25.8. The summed E-state index contributed by atoms with van der Waals surface area (Å²) in [7, 11) is 0. The van der Waals surface area contributed by atoms with Crippen LogP contribution in [0.2, 0.25) is 0 Å². The molecule has 0 radical (unpaired) electrons. The highest BCUT2D eigenvalue weighted by molar-refractivity contribution is 6.04. The Morgan fingerprint density at radius 1 is 1.24 bits per heavy atom. The highest BCUT2D eigenvalue weighted by Crippen LogP contribution is 2.32. The molecule has 0 atom stereocenters. The lowest BCUT2D eigenvalue weighted by atomic mass is 9.95. The van der Waals surface area contributed by atoms with Crippen molar-refractivity contribution in [2.24, 2.45) is 0 Å². The van der Waals surface area contributed by atoms with E-state index in [1.807, 2.05) is 17.9 Å². The molecule has 1 aromatic carbocycles. The number of anilines is 2. The molecule has 0 bridgehead atoms. The molecule has 168 valence electrons. The summed E-state index contributed by atoms with van der Waals surface area (Å²) in [6.45, 7) is 4.42. The molecule has 2 aromatic heterocycles. The van der Waals surface area contributed by atoms with Crippen LogP contribution in [-0.4, -0.2) is 39.7 Å². The number of carbonyl (C=O) groups excluding carboxylic acids is 1. The van der Waals surface area contributed by atoms with E-state index in [1.165, 1.54) is 12.3 Å². The molecule has 0 aliphatic carbocycles. The molecule has 1 amide bonds. The quantitative estimate of drug-likeness (QED) is 0.609. The Hall–Kier alpha value is -3.90. The fourth-order valence-corrected chi connectivity index (χ4v) is 3.79. The Labute approximate surface area is 189 Å². The molecular weight excluding hydrogens is 428 g/mol. The number of rotatable bonds is 5. The molecule has 0 unspecified atom stereocenters. The number of hydrogen-bond acceptors (Lipinski definition) is 6. The Balaban J connectivity index is 1.59. The molecule has 1 aliphatic rings. The van der Waals surface area contributed by atoms with Crippen molar-refractivity contribution in [1.82, 2.24) is 9.97 Å². The molecule has 1 aliphatic heterocycles. The van der Waals surface area contributed by atoms with Crippen LogP contribution in [0.5, 0.6) is 0 Å². The van der Waals surface area contributed by atoms with Gasteiger partial charge in [0, 0.05) is 42.3 Å². The minimum Gasteiger partial charge on any atom is -0.386 e. The predicted octanol–water partition coefficient (Wildman–Crippen LogP) is 4.08. The third-order valence-corrected chi connectivity index (χ3v) is 5.42. The maximum atomic E-state index is 12.9. The maximum Gasteiger partial charge on any atom is 0.280 e. The first-order valence-corrected chi connectivity index (χ1v) is 10.2. The Morgan fingerprint density at radius 3 is 2.67 bits per heavy atom. The van der Waals surface area contributed by atoms with Crippen LogP contribution in [0.25, 0.3) is 11.1 Å². The van der Waals surface area contributed by atoms with Crippen molar-refractivity contribution >= 4 is 17.4 Å². The van der Waals surface area contributed by atoms with Crippen molar-refractivity contribution in [2.45, 2.75) is 25.9 Å². The lowest BCUT2D eigenvalue weighted by Crippen LogP contribution is -2.60. The molecule has 3 aromatic rings. The highest BCUT2D eigenvalue weighted by Gasteiger charge is 2.38. The number of carbonyl (C=O) groups is 1. The van der Waals surface area contributed by atoms with Gasteiger partial charge in [0.1, 0.15) is 17.6 Å². The lowest BCUT2D eigenvalue weighted by molar-refractivity contribution is 0.0305. The zero-order chi connectivity index (χ0) is 23.8. The number of pyridine rings is 2. The SMILES string of the molecule is Cc1ccc(NC(=O)c2ccnc(C(F)F)c2)cc1-c1cnc(N2CC(C)(O)C2)c(C#N)c1. The first kappa shape index (κ1) is 22.3. The van der Waals surface area contributed by atoms with Crippen LogP contribution in [0, 0.1) is 18.3 Å². The molecule has 1 saturated heterocycles. The van der Waals surface area contributed by atoms with Crippen molar-refractivity contribution in [2.75, 3.05) is 23.3 Å². The van der Waals surface area contributed by atoms with Gasteiger partial charge in [0.2, 0.25) is 0 Å². The van der Waals surface area contributed by atoms with E-state index in [4.69, 9.17) is 0 Å². The van der Waals surface area contributed by atoms with Crippen LogP contribution in [0.4, 0.5) is 20.3 Å². The minimum absolute atomic E-state index is 0.0747. The molecule has 33 heavy (non-hydrogen) atoms. The van der Waals surface area contributed by atoms with Crippen molar-refractivity contribution in [3.05, 3.63) is 71.2 Å². The van der Waals surface area contributed by atoms with Crippen molar-refractivity contribution in [1.29, 1.82) is 5.26 Å². The van der Waals surface area contributed by atoms with Gasteiger partial charge in [-0.05, 0) is 55.3 Å². The van der Waals surface area contributed by atoms with E-state index >= 15 is 0 Å². The topological polar surface area (TPSA) is 102 Å². The number of aryl methyl sites for hydroxylation is 1. The third-order valence-electron chi connectivity index (χ3n) is 5.42. The predicted molar refractivity (Wildman–Crippen MR) is 119 cm³/mol. The standard InChI is InChI=1S/C24H21F2N5O2/c1-14-3-4-18(30-23(32)15-5-6-28-20(8-15)21(25)26)9-19(14)17-7-16(10-27)22(29-11-17)31-12-24(2,33)13-31/h3-9,11,21,33H,12-13H2,1-2H3,(H,30,32). The molecule has 7 nitrogen and oxygen atoms in total. The molecule has 1 fully saturated rings. The van der Waals surface area contributed by atoms with Crippen LogP contribution in [0.1, 0.15) is 40.5 Å². The van der Waals surface area contributed by atoms with Crippen molar-refractivity contribution in [3.63, 3.8) is 0 Å². The summed E-state index contributed by atoms with van der Waals surface area (Å²) in [6.07, 6.45) is 0.0518. The van der Waals surface area contributed by atoms with Crippen molar-refractivity contribution in [3.8, 4) is 17.2 Å². The number of aliphatic hydroxyl groups is 1. The first-order chi connectivity index (χ1) is 15.7. The van der Waals surface area contributed by atoms with Gasteiger partial charge in [-0.15, -0.1) is 0 Å². The average molecular weight is 449 g/mol. The second kappa shape index (κ2) is 8.56. The fourth-order valence-electron chi connectivity index (χ4n) is 3.79. The van der Waals surface area contributed by atoms with Gasteiger partial charge in [0.05, 0.1) is 11.2 Å². The van der Waals surface area contributed by atoms with Crippen LogP contribution in [0.3, 0.4) is 0 Å².